The molecule has 0 bridgehead atoms. The highest BCUT2D eigenvalue weighted by atomic mass is 16.5. The van der Waals surface area contributed by atoms with Crippen molar-refractivity contribution in [2.24, 2.45) is 0 Å². The summed E-state index contributed by atoms with van der Waals surface area (Å²) < 4.78 is 11.5. The number of ether oxygens (including phenoxy) is 2. The molecule has 3 rings (SSSR count). The summed E-state index contributed by atoms with van der Waals surface area (Å²) in [6.07, 6.45) is 2.95. The molecule has 0 aromatic heterocycles. The summed E-state index contributed by atoms with van der Waals surface area (Å²) in [5.41, 5.74) is 2.45. The number of aryl methyl sites for hydroxylation is 1. The van der Waals surface area contributed by atoms with Crippen molar-refractivity contribution in [1.82, 2.24) is 5.32 Å². The van der Waals surface area contributed by atoms with Gasteiger partial charge in [0.15, 0.2) is 6.10 Å². The number of carbonyl (C=O) groups is 1. The van der Waals surface area contributed by atoms with Crippen molar-refractivity contribution in [2.45, 2.75) is 51.0 Å². The molecule has 1 atom stereocenters. The van der Waals surface area contributed by atoms with Gasteiger partial charge in [-0.2, -0.15) is 0 Å². The van der Waals surface area contributed by atoms with E-state index in [9.17, 15) is 4.79 Å². The van der Waals surface area contributed by atoms with Crippen LogP contribution in [0.4, 0.5) is 0 Å². The maximum absolute atomic E-state index is 12.9. The lowest BCUT2D eigenvalue weighted by molar-refractivity contribution is -0.128. The predicted octanol–water partition coefficient (Wildman–Crippen LogP) is 4.27. The van der Waals surface area contributed by atoms with Crippen LogP contribution in [0.15, 0.2) is 54.6 Å². The summed E-state index contributed by atoms with van der Waals surface area (Å²) >= 11 is 0. The van der Waals surface area contributed by atoms with Gasteiger partial charge in [0.1, 0.15) is 5.75 Å². The molecule has 1 N–H and O–H groups in total. The second-order valence-electron chi connectivity index (χ2n) is 7.49. The highest BCUT2D eigenvalue weighted by molar-refractivity contribution is 5.81. The van der Waals surface area contributed by atoms with Crippen LogP contribution >= 0.6 is 0 Å². The van der Waals surface area contributed by atoms with E-state index in [0.29, 0.717) is 13.0 Å². The molecular weight excluding hydrogens is 350 g/mol. The number of benzene rings is 2. The molecule has 0 radical (unpaired) electrons. The average molecular weight is 382 g/mol. The Morgan fingerprint density at radius 1 is 1.07 bits per heavy atom. The fourth-order valence-electron chi connectivity index (χ4n) is 3.78. The first kappa shape index (κ1) is 20.4. The van der Waals surface area contributed by atoms with E-state index in [0.717, 1.165) is 38.2 Å². The minimum absolute atomic E-state index is 0.0520. The fourth-order valence-corrected chi connectivity index (χ4v) is 3.78. The smallest absolute Gasteiger partial charge is 0.261 e. The van der Waals surface area contributed by atoms with Crippen molar-refractivity contribution in [3.63, 3.8) is 0 Å². The molecule has 4 heteroatoms. The summed E-state index contributed by atoms with van der Waals surface area (Å²) in [6.45, 7) is 6.15. The number of amides is 1. The third kappa shape index (κ3) is 4.93. The zero-order chi connectivity index (χ0) is 19.8. The summed E-state index contributed by atoms with van der Waals surface area (Å²) in [6, 6.07) is 18.4. The molecule has 2 aromatic carbocycles. The minimum Gasteiger partial charge on any atom is -0.481 e. The van der Waals surface area contributed by atoms with Gasteiger partial charge in [-0.25, -0.2) is 0 Å². The lowest BCUT2D eigenvalue weighted by Crippen LogP contribution is -2.48. The molecule has 28 heavy (non-hydrogen) atoms. The van der Waals surface area contributed by atoms with Gasteiger partial charge in [0, 0.05) is 25.2 Å². The van der Waals surface area contributed by atoms with Crippen molar-refractivity contribution in [3.05, 3.63) is 65.7 Å². The maximum Gasteiger partial charge on any atom is 0.261 e. The van der Waals surface area contributed by atoms with Gasteiger partial charge in [-0.15, -0.1) is 0 Å². The van der Waals surface area contributed by atoms with Gasteiger partial charge in [-0.05, 0) is 48.9 Å². The Bertz CT molecular complexity index is 736. The lowest BCUT2D eigenvalue weighted by Gasteiger charge is -2.38. The Kier molecular flexibility index (Phi) is 7.10. The number of hydrogen-bond acceptors (Lipinski definition) is 3. The highest BCUT2D eigenvalue weighted by Crippen LogP contribution is 2.34. The molecule has 1 heterocycles. The number of hydrogen-bond donors (Lipinski definition) is 1. The van der Waals surface area contributed by atoms with Crippen LogP contribution in [0.1, 0.15) is 44.2 Å². The van der Waals surface area contributed by atoms with E-state index >= 15 is 0 Å². The van der Waals surface area contributed by atoms with Gasteiger partial charge < -0.3 is 14.8 Å². The molecule has 1 saturated heterocycles. The Hall–Kier alpha value is -2.33. The van der Waals surface area contributed by atoms with E-state index in [2.05, 4.69) is 36.5 Å². The first-order chi connectivity index (χ1) is 13.7. The summed E-state index contributed by atoms with van der Waals surface area (Å²) in [4.78, 5) is 12.9. The van der Waals surface area contributed by atoms with Crippen molar-refractivity contribution in [1.29, 1.82) is 0 Å². The maximum atomic E-state index is 12.9. The molecule has 150 valence electrons. The van der Waals surface area contributed by atoms with Gasteiger partial charge in [0.05, 0.1) is 0 Å². The molecule has 1 aliphatic heterocycles. The first-order valence-corrected chi connectivity index (χ1v) is 10.3. The van der Waals surface area contributed by atoms with Gasteiger partial charge >= 0.3 is 0 Å². The predicted molar refractivity (Wildman–Crippen MR) is 112 cm³/mol. The van der Waals surface area contributed by atoms with Crippen molar-refractivity contribution in [3.8, 4) is 5.75 Å². The van der Waals surface area contributed by atoms with Crippen LogP contribution in [-0.2, 0) is 21.4 Å². The highest BCUT2D eigenvalue weighted by Gasteiger charge is 2.35. The zero-order valence-corrected chi connectivity index (χ0v) is 16.9. The van der Waals surface area contributed by atoms with Crippen LogP contribution in [0.5, 0.6) is 5.75 Å². The molecule has 1 fully saturated rings. The topological polar surface area (TPSA) is 47.6 Å². The molecule has 0 unspecified atom stereocenters. The van der Waals surface area contributed by atoms with Crippen molar-refractivity contribution < 1.29 is 14.3 Å². The van der Waals surface area contributed by atoms with E-state index in [1.807, 2.05) is 37.3 Å². The quantitative estimate of drug-likeness (QED) is 0.743. The zero-order valence-electron chi connectivity index (χ0n) is 16.9. The van der Waals surface area contributed by atoms with E-state index < -0.39 is 6.10 Å². The standard InChI is InChI=1S/C24H31NO3/c1-3-19-10-12-21(13-11-19)28-22(4-2)23(26)25-18-24(14-16-27-17-15-24)20-8-6-5-7-9-20/h5-13,22H,3-4,14-18H2,1-2H3,(H,25,26)/t22-/m1/s1. The molecule has 1 aliphatic rings. The number of carbonyl (C=O) groups excluding carboxylic acids is 1. The minimum atomic E-state index is -0.486. The third-order valence-electron chi connectivity index (χ3n) is 5.71. The Morgan fingerprint density at radius 2 is 1.75 bits per heavy atom. The number of rotatable bonds is 8. The fraction of sp³-hybridized carbons (Fsp3) is 0.458. The molecule has 1 amide bonds. The van der Waals surface area contributed by atoms with Crippen LogP contribution < -0.4 is 10.1 Å². The monoisotopic (exact) mass is 381 g/mol. The van der Waals surface area contributed by atoms with E-state index in [-0.39, 0.29) is 11.3 Å². The third-order valence-corrected chi connectivity index (χ3v) is 5.71. The SMILES string of the molecule is CCc1ccc(O[C@H](CC)C(=O)NCC2(c3ccccc3)CCOCC2)cc1. The van der Waals surface area contributed by atoms with Gasteiger partial charge in [-0.3, -0.25) is 4.79 Å². The Labute approximate surface area is 168 Å². The second kappa shape index (κ2) is 9.74. The van der Waals surface area contributed by atoms with Crippen LogP contribution in [0.25, 0.3) is 0 Å². The molecule has 4 nitrogen and oxygen atoms in total. The lowest BCUT2D eigenvalue weighted by atomic mass is 9.74. The summed E-state index contributed by atoms with van der Waals surface area (Å²) in [5.74, 6) is 0.687. The van der Waals surface area contributed by atoms with Crippen LogP contribution in [-0.4, -0.2) is 31.8 Å². The van der Waals surface area contributed by atoms with Gasteiger partial charge in [0.25, 0.3) is 5.91 Å². The van der Waals surface area contributed by atoms with Crippen LogP contribution in [0.3, 0.4) is 0 Å². The molecular formula is C24H31NO3. The average Bonchev–Trinajstić information content (AvgIpc) is 2.77. The first-order valence-electron chi connectivity index (χ1n) is 10.3. The molecule has 0 aliphatic carbocycles. The van der Waals surface area contributed by atoms with Crippen molar-refractivity contribution in [2.75, 3.05) is 19.8 Å². The van der Waals surface area contributed by atoms with Crippen molar-refractivity contribution >= 4 is 5.91 Å². The molecule has 2 aromatic rings. The summed E-state index contributed by atoms with van der Waals surface area (Å²) in [5, 5.41) is 3.17. The molecule has 0 saturated carbocycles. The van der Waals surface area contributed by atoms with Gasteiger partial charge in [0.2, 0.25) is 0 Å². The van der Waals surface area contributed by atoms with E-state index in [4.69, 9.17) is 9.47 Å². The van der Waals surface area contributed by atoms with Crippen LogP contribution in [0.2, 0.25) is 0 Å². The van der Waals surface area contributed by atoms with Gasteiger partial charge in [-0.1, -0.05) is 56.3 Å². The van der Waals surface area contributed by atoms with E-state index in [1.165, 1.54) is 11.1 Å². The normalized spacial score (nSPS) is 16.9. The van der Waals surface area contributed by atoms with E-state index in [1.54, 1.807) is 0 Å². The molecule has 0 spiro atoms. The largest absolute Gasteiger partial charge is 0.481 e. The van der Waals surface area contributed by atoms with Crippen LogP contribution in [0, 0.1) is 0 Å². The Balaban J connectivity index is 1.65. The number of nitrogens with one attached hydrogen (secondary N) is 1. The summed E-state index contributed by atoms with van der Waals surface area (Å²) in [7, 11) is 0. The second-order valence-corrected chi connectivity index (χ2v) is 7.49. The Morgan fingerprint density at radius 3 is 2.36 bits per heavy atom.